The lowest BCUT2D eigenvalue weighted by atomic mass is 9.52. The second-order valence-electron chi connectivity index (χ2n) is 8.83. The van der Waals surface area contributed by atoms with Crippen LogP contribution < -0.4 is 4.74 Å². The summed E-state index contributed by atoms with van der Waals surface area (Å²) in [7, 11) is 2.09. The number of ether oxygens (including phenoxy) is 1. The van der Waals surface area contributed by atoms with Gasteiger partial charge >= 0.3 is 0 Å². The second kappa shape index (κ2) is 5.58. The highest BCUT2D eigenvalue weighted by molar-refractivity contribution is 5.98. The molecular weight excluding hydrogens is 342 g/mol. The molecule has 0 amide bonds. The van der Waals surface area contributed by atoms with Crippen molar-refractivity contribution in [3.8, 4) is 11.5 Å². The molecule has 0 aromatic heterocycles. The van der Waals surface area contributed by atoms with Gasteiger partial charge in [-0.05, 0) is 62.4 Å². The molecule has 5 heteroatoms. The SMILES string of the molecule is CCCC12c3c4ccc(O)c3O[C@H]1C(=O)C=C[C@@]2(O)C(N(C)CC1CC1)C4. The van der Waals surface area contributed by atoms with Crippen LogP contribution in [-0.4, -0.2) is 52.2 Å². The minimum atomic E-state index is -1.20. The highest BCUT2D eigenvalue weighted by Gasteiger charge is 2.69. The highest BCUT2D eigenvalue weighted by atomic mass is 16.5. The van der Waals surface area contributed by atoms with Gasteiger partial charge in [0.25, 0.3) is 0 Å². The maximum atomic E-state index is 12.8. The number of carbonyl (C=O) groups is 1. The van der Waals surface area contributed by atoms with Gasteiger partial charge in [0.15, 0.2) is 23.4 Å². The first-order valence-electron chi connectivity index (χ1n) is 10.1. The summed E-state index contributed by atoms with van der Waals surface area (Å²) in [5, 5.41) is 22.6. The zero-order valence-electron chi connectivity index (χ0n) is 15.9. The van der Waals surface area contributed by atoms with E-state index in [-0.39, 0.29) is 17.6 Å². The van der Waals surface area contributed by atoms with Crippen molar-refractivity contribution in [2.75, 3.05) is 13.6 Å². The third-order valence-corrected chi connectivity index (χ3v) is 7.17. The molecule has 0 saturated heterocycles. The van der Waals surface area contributed by atoms with Gasteiger partial charge in [0.05, 0.1) is 5.41 Å². The number of nitrogens with zero attached hydrogens (tertiary/aromatic N) is 1. The van der Waals surface area contributed by atoms with E-state index < -0.39 is 17.1 Å². The summed E-state index contributed by atoms with van der Waals surface area (Å²) in [4.78, 5) is 15.1. The van der Waals surface area contributed by atoms with Crippen LogP contribution in [0.5, 0.6) is 11.5 Å². The molecule has 1 aliphatic heterocycles. The molecule has 1 heterocycles. The van der Waals surface area contributed by atoms with E-state index in [0.717, 1.165) is 24.1 Å². The first kappa shape index (κ1) is 17.3. The lowest BCUT2D eigenvalue weighted by Gasteiger charge is -2.56. The Morgan fingerprint density at radius 3 is 2.81 bits per heavy atom. The molecule has 3 aliphatic carbocycles. The summed E-state index contributed by atoms with van der Waals surface area (Å²) >= 11 is 0. The van der Waals surface area contributed by atoms with E-state index >= 15 is 0 Å². The van der Waals surface area contributed by atoms with Crippen molar-refractivity contribution in [2.24, 2.45) is 5.92 Å². The van der Waals surface area contributed by atoms with Crippen molar-refractivity contribution >= 4 is 5.78 Å². The van der Waals surface area contributed by atoms with Gasteiger partial charge in [-0.15, -0.1) is 0 Å². The first-order chi connectivity index (χ1) is 12.9. The van der Waals surface area contributed by atoms with Crippen LogP contribution in [-0.2, 0) is 16.6 Å². The van der Waals surface area contributed by atoms with E-state index in [1.54, 1.807) is 12.1 Å². The quantitative estimate of drug-likeness (QED) is 0.834. The number of aliphatic hydroxyl groups is 1. The first-order valence-corrected chi connectivity index (χ1v) is 10.1. The van der Waals surface area contributed by atoms with Gasteiger partial charge in [-0.2, -0.15) is 0 Å². The van der Waals surface area contributed by atoms with Gasteiger partial charge in [0, 0.05) is 18.2 Å². The summed E-state index contributed by atoms with van der Waals surface area (Å²) in [6.45, 7) is 3.03. The number of likely N-dealkylation sites (N-methyl/N-ethyl adjacent to an activating group) is 1. The lowest BCUT2D eigenvalue weighted by molar-refractivity contribution is -0.140. The average molecular weight is 369 g/mol. The summed E-state index contributed by atoms with van der Waals surface area (Å²) < 4.78 is 6.06. The van der Waals surface area contributed by atoms with Gasteiger partial charge in [-0.1, -0.05) is 19.4 Å². The van der Waals surface area contributed by atoms with Crippen molar-refractivity contribution in [3.05, 3.63) is 35.4 Å². The van der Waals surface area contributed by atoms with Crippen molar-refractivity contribution in [1.82, 2.24) is 4.90 Å². The summed E-state index contributed by atoms with van der Waals surface area (Å²) in [6.07, 6.45) is 7.09. The fraction of sp³-hybridized carbons (Fsp3) is 0.591. The standard InChI is InChI=1S/C22H27NO4/c1-3-9-21-18-14-6-7-15(24)19(18)27-20(21)16(25)8-10-22(21,26)17(11-14)23(2)12-13-4-5-13/h6-8,10,13,17,20,24,26H,3-5,9,11-12H2,1-2H3/t17?,20-,21?,22+/m0/s1. The predicted octanol–water partition coefficient (Wildman–Crippen LogP) is 2.33. The number of hydrogen-bond acceptors (Lipinski definition) is 5. The smallest absolute Gasteiger partial charge is 0.196 e. The molecular formula is C22H27NO4. The fourth-order valence-corrected chi connectivity index (χ4v) is 5.85. The zero-order valence-corrected chi connectivity index (χ0v) is 15.9. The van der Waals surface area contributed by atoms with Crippen molar-refractivity contribution in [3.63, 3.8) is 0 Å². The summed E-state index contributed by atoms with van der Waals surface area (Å²) in [5.41, 5.74) is -0.0978. The Hall–Kier alpha value is -1.85. The van der Waals surface area contributed by atoms with Crippen molar-refractivity contribution < 1.29 is 19.7 Å². The molecule has 0 bridgehead atoms. The van der Waals surface area contributed by atoms with Crippen LogP contribution in [0.4, 0.5) is 0 Å². The number of carbonyl (C=O) groups excluding carboxylic acids is 1. The van der Waals surface area contributed by atoms with Crippen LogP contribution in [0.2, 0.25) is 0 Å². The predicted molar refractivity (Wildman–Crippen MR) is 101 cm³/mol. The normalized spacial score (nSPS) is 36.1. The van der Waals surface area contributed by atoms with Gasteiger partial charge in [0.1, 0.15) is 5.60 Å². The highest BCUT2D eigenvalue weighted by Crippen LogP contribution is 2.62. The maximum Gasteiger partial charge on any atom is 0.196 e. The van der Waals surface area contributed by atoms with Crippen LogP contribution in [0, 0.1) is 5.92 Å². The number of phenolic OH excluding ortho intramolecular Hbond substituents is 1. The Balaban J connectivity index is 1.74. The fourth-order valence-electron chi connectivity index (χ4n) is 5.85. The number of hydrogen-bond donors (Lipinski definition) is 2. The summed E-state index contributed by atoms with van der Waals surface area (Å²) in [5.74, 6) is 1.03. The third-order valence-electron chi connectivity index (χ3n) is 7.17. The number of phenols is 1. The molecule has 2 N–H and O–H groups in total. The Kier molecular flexibility index (Phi) is 3.57. The van der Waals surface area contributed by atoms with Crippen molar-refractivity contribution in [1.29, 1.82) is 0 Å². The van der Waals surface area contributed by atoms with Crippen LogP contribution in [0.3, 0.4) is 0 Å². The Labute approximate surface area is 159 Å². The third kappa shape index (κ3) is 2.10. The minimum absolute atomic E-state index is 0.0542. The topological polar surface area (TPSA) is 70.0 Å². The van der Waals surface area contributed by atoms with E-state index in [4.69, 9.17) is 4.74 Å². The molecule has 0 radical (unpaired) electrons. The maximum absolute atomic E-state index is 12.8. The molecule has 27 heavy (non-hydrogen) atoms. The largest absolute Gasteiger partial charge is 0.504 e. The number of rotatable bonds is 5. The van der Waals surface area contributed by atoms with Gasteiger partial charge < -0.3 is 14.9 Å². The molecule has 1 fully saturated rings. The molecule has 4 aliphatic rings. The molecule has 1 aromatic carbocycles. The van der Waals surface area contributed by atoms with E-state index in [1.165, 1.54) is 18.9 Å². The van der Waals surface area contributed by atoms with E-state index in [0.29, 0.717) is 24.5 Å². The van der Waals surface area contributed by atoms with E-state index in [2.05, 4.69) is 18.9 Å². The van der Waals surface area contributed by atoms with Crippen molar-refractivity contribution in [2.45, 2.75) is 62.2 Å². The number of benzene rings is 1. The molecule has 1 aromatic rings. The molecule has 2 unspecified atom stereocenters. The molecule has 4 atom stereocenters. The number of ketones is 1. The molecule has 144 valence electrons. The Bertz CT molecular complexity index is 845. The van der Waals surface area contributed by atoms with Crippen LogP contribution in [0.15, 0.2) is 24.3 Å². The zero-order chi connectivity index (χ0) is 19.0. The average Bonchev–Trinajstić information content (AvgIpc) is 3.37. The Morgan fingerprint density at radius 1 is 1.33 bits per heavy atom. The minimum Gasteiger partial charge on any atom is -0.504 e. The van der Waals surface area contributed by atoms with E-state index in [1.807, 2.05) is 6.07 Å². The van der Waals surface area contributed by atoms with Gasteiger partial charge in [-0.25, -0.2) is 0 Å². The van der Waals surface area contributed by atoms with Gasteiger partial charge in [-0.3, -0.25) is 9.69 Å². The monoisotopic (exact) mass is 369 g/mol. The van der Waals surface area contributed by atoms with E-state index in [9.17, 15) is 15.0 Å². The summed E-state index contributed by atoms with van der Waals surface area (Å²) in [6, 6.07) is 3.48. The molecule has 5 nitrogen and oxygen atoms in total. The van der Waals surface area contributed by atoms with Crippen LogP contribution >= 0.6 is 0 Å². The lowest BCUT2D eigenvalue weighted by Crippen LogP contribution is -2.71. The van der Waals surface area contributed by atoms with Crippen LogP contribution in [0.1, 0.15) is 43.7 Å². The van der Waals surface area contributed by atoms with Gasteiger partial charge in [0.2, 0.25) is 0 Å². The Morgan fingerprint density at radius 2 is 2.11 bits per heavy atom. The molecule has 1 saturated carbocycles. The van der Waals surface area contributed by atoms with Crippen LogP contribution in [0.25, 0.3) is 0 Å². The second-order valence-corrected chi connectivity index (χ2v) is 8.83. The number of aromatic hydroxyl groups is 1. The molecule has 5 rings (SSSR count). The molecule has 0 spiro atoms.